The van der Waals surface area contributed by atoms with Gasteiger partial charge >= 0.3 is 0 Å². The van der Waals surface area contributed by atoms with Crippen molar-refractivity contribution < 1.29 is 9.53 Å². The maximum absolute atomic E-state index is 11.1. The van der Waals surface area contributed by atoms with Crippen LogP contribution in [0.3, 0.4) is 0 Å². The fraction of sp³-hybridized carbons (Fsp3) is 0.400. The van der Waals surface area contributed by atoms with Crippen LogP contribution >= 0.6 is 0 Å². The van der Waals surface area contributed by atoms with Gasteiger partial charge in [-0.1, -0.05) is 0 Å². The van der Waals surface area contributed by atoms with Crippen molar-refractivity contribution in [3.63, 3.8) is 0 Å². The Kier molecular flexibility index (Phi) is 4.43. The molecule has 1 aliphatic rings. The molecule has 0 saturated carbocycles. The number of anilines is 2. The molecule has 2 rings (SSSR count). The molecule has 1 heterocycles. The molecule has 0 aliphatic carbocycles. The zero-order valence-corrected chi connectivity index (χ0v) is 11.1. The number of nitrogens with zero attached hydrogens (tertiary/aromatic N) is 1. The lowest BCUT2D eigenvalue weighted by Gasteiger charge is -2.33. The molecule has 0 atom stereocenters. The number of carbonyl (C=O) groups is 1. The van der Waals surface area contributed by atoms with Gasteiger partial charge in [0.15, 0.2) is 0 Å². The van der Waals surface area contributed by atoms with Gasteiger partial charge in [0.2, 0.25) is 0 Å². The van der Waals surface area contributed by atoms with E-state index in [0.717, 1.165) is 37.3 Å². The molecule has 1 fully saturated rings. The summed E-state index contributed by atoms with van der Waals surface area (Å²) >= 11 is 0. The van der Waals surface area contributed by atoms with Crippen molar-refractivity contribution >= 4 is 17.3 Å². The molecule has 0 radical (unpaired) electrons. The highest BCUT2D eigenvalue weighted by atomic mass is 16.5. The highest BCUT2D eigenvalue weighted by molar-refractivity contribution is 6.03. The summed E-state index contributed by atoms with van der Waals surface area (Å²) in [7, 11) is 1.77. The van der Waals surface area contributed by atoms with E-state index in [2.05, 4.69) is 10.2 Å². The van der Waals surface area contributed by atoms with Crippen LogP contribution in [0.5, 0.6) is 0 Å². The van der Waals surface area contributed by atoms with Crippen LogP contribution in [-0.2, 0) is 9.53 Å². The van der Waals surface area contributed by atoms with Crippen molar-refractivity contribution in [1.29, 1.82) is 0 Å². The number of terminal acetylenes is 1. The van der Waals surface area contributed by atoms with Gasteiger partial charge in [0.25, 0.3) is 5.91 Å². The molecule has 0 aromatic heterocycles. The number of ether oxygens (including phenoxy) is 1. The lowest BCUT2D eigenvalue weighted by Crippen LogP contribution is -2.36. The van der Waals surface area contributed by atoms with Crippen LogP contribution in [0.4, 0.5) is 11.4 Å². The maximum atomic E-state index is 11.1. The molecule has 0 unspecified atom stereocenters. The highest BCUT2D eigenvalue weighted by Gasteiger charge is 2.18. The molecule has 4 heteroatoms. The molecule has 100 valence electrons. The lowest BCUT2D eigenvalue weighted by atomic mass is 10.1. The van der Waals surface area contributed by atoms with E-state index in [-0.39, 0.29) is 0 Å². The van der Waals surface area contributed by atoms with E-state index >= 15 is 0 Å². The van der Waals surface area contributed by atoms with Crippen molar-refractivity contribution in [3.8, 4) is 12.3 Å². The maximum Gasteiger partial charge on any atom is 0.300 e. The number of benzene rings is 1. The third kappa shape index (κ3) is 3.49. The van der Waals surface area contributed by atoms with E-state index in [1.54, 1.807) is 7.11 Å². The molecule has 4 nitrogen and oxygen atoms in total. The highest BCUT2D eigenvalue weighted by Crippen LogP contribution is 2.22. The molecule has 0 spiro atoms. The molecule has 1 amide bonds. The molecular weight excluding hydrogens is 240 g/mol. The molecule has 1 aromatic rings. The summed E-state index contributed by atoms with van der Waals surface area (Å²) < 4.78 is 5.36. The monoisotopic (exact) mass is 258 g/mol. The average molecular weight is 258 g/mol. The van der Waals surface area contributed by atoms with Gasteiger partial charge in [-0.3, -0.25) is 4.79 Å². The van der Waals surface area contributed by atoms with Gasteiger partial charge in [-0.25, -0.2) is 0 Å². The normalized spacial score (nSPS) is 15.9. The van der Waals surface area contributed by atoms with Crippen LogP contribution in [0.25, 0.3) is 0 Å². The number of methoxy groups -OCH3 is 1. The fourth-order valence-electron chi connectivity index (χ4n) is 2.27. The summed E-state index contributed by atoms with van der Waals surface area (Å²) in [4.78, 5) is 13.4. The predicted molar refractivity (Wildman–Crippen MR) is 76.1 cm³/mol. The third-order valence-corrected chi connectivity index (χ3v) is 3.40. The topological polar surface area (TPSA) is 41.6 Å². The van der Waals surface area contributed by atoms with Crippen molar-refractivity contribution in [2.24, 2.45) is 0 Å². The number of nitrogens with one attached hydrogen (secondary N) is 1. The summed E-state index contributed by atoms with van der Waals surface area (Å²) in [6.45, 7) is 1.99. The van der Waals surface area contributed by atoms with E-state index in [9.17, 15) is 4.79 Å². The zero-order valence-electron chi connectivity index (χ0n) is 11.1. The molecule has 1 saturated heterocycles. The first kappa shape index (κ1) is 13.4. The van der Waals surface area contributed by atoms with Crippen molar-refractivity contribution in [2.45, 2.75) is 18.9 Å². The van der Waals surface area contributed by atoms with E-state index in [1.807, 2.05) is 30.2 Å². The van der Waals surface area contributed by atoms with E-state index in [1.165, 1.54) is 0 Å². The lowest BCUT2D eigenvalue weighted by molar-refractivity contribution is -0.111. The number of hydrogen-bond acceptors (Lipinski definition) is 3. The van der Waals surface area contributed by atoms with Gasteiger partial charge in [0, 0.05) is 31.6 Å². The standard InChI is InChI=1S/C15H18N2O2/c1-3-15(18)16-12-4-6-13(7-5-12)17-10-8-14(19-2)9-11-17/h1,4-7,14H,8-11H2,2H3,(H,16,18). The minimum atomic E-state index is -0.423. The van der Waals surface area contributed by atoms with E-state index in [0.29, 0.717) is 6.10 Å². The van der Waals surface area contributed by atoms with Crippen LogP contribution in [0.2, 0.25) is 0 Å². The quantitative estimate of drug-likeness (QED) is 0.842. The number of amides is 1. The summed E-state index contributed by atoms with van der Waals surface area (Å²) in [6, 6.07) is 7.73. The van der Waals surface area contributed by atoms with Crippen LogP contribution in [0.15, 0.2) is 24.3 Å². The Hall–Kier alpha value is -1.99. The van der Waals surface area contributed by atoms with Crippen LogP contribution in [0, 0.1) is 12.3 Å². The van der Waals surface area contributed by atoms with Gasteiger partial charge < -0.3 is 15.0 Å². The van der Waals surface area contributed by atoms with Crippen molar-refractivity contribution in [1.82, 2.24) is 0 Å². The first-order valence-corrected chi connectivity index (χ1v) is 6.38. The Morgan fingerprint density at radius 3 is 2.53 bits per heavy atom. The Morgan fingerprint density at radius 2 is 2.00 bits per heavy atom. The van der Waals surface area contributed by atoms with Crippen molar-refractivity contribution in [3.05, 3.63) is 24.3 Å². The summed E-state index contributed by atoms with van der Waals surface area (Å²) in [5, 5.41) is 2.62. The van der Waals surface area contributed by atoms with Crippen LogP contribution < -0.4 is 10.2 Å². The average Bonchev–Trinajstić information content (AvgIpc) is 2.48. The summed E-state index contributed by atoms with van der Waals surface area (Å²) in [5.41, 5.74) is 1.88. The van der Waals surface area contributed by atoms with E-state index < -0.39 is 5.91 Å². The number of rotatable bonds is 3. The predicted octanol–water partition coefficient (Wildman–Crippen LogP) is 1.87. The molecule has 19 heavy (non-hydrogen) atoms. The van der Waals surface area contributed by atoms with Gasteiger partial charge in [-0.05, 0) is 43.0 Å². The molecule has 1 aromatic carbocycles. The summed E-state index contributed by atoms with van der Waals surface area (Å²) in [5.74, 6) is 1.61. The number of hydrogen-bond donors (Lipinski definition) is 1. The first-order valence-electron chi connectivity index (χ1n) is 6.38. The Labute approximate surface area is 113 Å². The molecule has 0 bridgehead atoms. The second-order valence-corrected chi connectivity index (χ2v) is 4.57. The smallest absolute Gasteiger partial charge is 0.300 e. The zero-order chi connectivity index (χ0) is 13.7. The van der Waals surface area contributed by atoms with Gasteiger partial charge in [0.05, 0.1) is 6.10 Å². The van der Waals surface area contributed by atoms with Gasteiger partial charge in [0.1, 0.15) is 0 Å². The van der Waals surface area contributed by atoms with Crippen molar-refractivity contribution in [2.75, 3.05) is 30.4 Å². The van der Waals surface area contributed by atoms with E-state index in [4.69, 9.17) is 11.2 Å². The largest absolute Gasteiger partial charge is 0.381 e. The SMILES string of the molecule is C#CC(=O)Nc1ccc(N2CCC(OC)CC2)cc1. The number of carbonyl (C=O) groups excluding carboxylic acids is 1. The molecule has 1 N–H and O–H groups in total. The van der Waals surface area contributed by atoms with Crippen LogP contribution in [-0.4, -0.2) is 32.2 Å². The Morgan fingerprint density at radius 1 is 1.37 bits per heavy atom. The van der Waals surface area contributed by atoms with Crippen LogP contribution in [0.1, 0.15) is 12.8 Å². The minimum absolute atomic E-state index is 0.380. The Bertz CT molecular complexity index is 468. The molecular formula is C15H18N2O2. The minimum Gasteiger partial charge on any atom is -0.381 e. The Balaban J connectivity index is 1.95. The van der Waals surface area contributed by atoms with Gasteiger partial charge in [-0.2, -0.15) is 0 Å². The first-order chi connectivity index (χ1) is 9.22. The fourth-order valence-corrected chi connectivity index (χ4v) is 2.27. The molecule has 1 aliphatic heterocycles. The number of piperidine rings is 1. The second-order valence-electron chi connectivity index (χ2n) is 4.57. The summed E-state index contributed by atoms with van der Waals surface area (Å²) in [6.07, 6.45) is 7.49. The second kappa shape index (κ2) is 6.26. The third-order valence-electron chi connectivity index (χ3n) is 3.40. The van der Waals surface area contributed by atoms with Gasteiger partial charge in [-0.15, -0.1) is 6.42 Å².